The van der Waals surface area contributed by atoms with Crippen LogP contribution in [0.15, 0.2) is 34.6 Å². The zero-order valence-electron chi connectivity index (χ0n) is 10.7. The van der Waals surface area contributed by atoms with Gasteiger partial charge in [-0.2, -0.15) is 5.26 Å². The molecule has 0 atom stereocenters. The Labute approximate surface area is 106 Å². The molecule has 0 aliphatic heterocycles. The molecule has 94 valence electrons. The average molecular weight is 245 g/mol. The Kier molecular flexibility index (Phi) is 5.39. The summed E-state index contributed by atoms with van der Waals surface area (Å²) in [7, 11) is 1.40. The molecule has 5 nitrogen and oxygen atoms in total. The molecule has 0 radical (unpaired) electrons. The fourth-order valence-electron chi connectivity index (χ4n) is 1.33. The van der Waals surface area contributed by atoms with Gasteiger partial charge in [0.25, 0.3) is 0 Å². The Hall–Kier alpha value is -2.35. The number of hydrogen-bond donors (Lipinski definition) is 0. The second-order valence-electron chi connectivity index (χ2n) is 3.70. The van der Waals surface area contributed by atoms with Crippen molar-refractivity contribution in [3.63, 3.8) is 0 Å². The van der Waals surface area contributed by atoms with Crippen LogP contribution in [0.5, 0.6) is 0 Å². The van der Waals surface area contributed by atoms with Crippen molar-refractivity contribution in [3.05, 3.63) is 35.4 Å². The van der Waals surface area contributed by atoms with Crippen LogP contribution in [0.2, 0.25) is 0 Å². The van der Waals surface area contributed by atoms with Crippen LogP contribution in [0.4, 0.5) is 0 Å². The fraction of sp³-hybridized carbons (Fsp3) is 0.308. The quantitative estimate of drug-likeness (QED) is 0.591. The zero-order valence-corrected chi connectivity index (χ0v) is 10.7. The summed E-state index contributed by atoms with van der Waals surface area (Å²) in [6.07, 6.45) is 0. The van der Waals surface area contributed by atoms with Crippen molar-refractivity contribution in [1.82, 2.24) is 0 Å². The van der Waals surface area contributed by atoms with E-state index in [9.17, 15) is 0 Å². The molecule has 0 heterocycles. The minimum absolute atomic E-state index is 0.217. The highest BCUT2D eigenvalue weighted by atomic mass is 16.6. The molecule has 1 aromatic rings. The van der Waals surface area contributed by atoms with Gasteiger partial charge < -0.3 is 9.68 Å². The fourth-order valence-corrected chi connectivity index (χ4v) is 1.33. The van der Waals surface area contributed by atoms with Crippen molar-refractivity contribution in [3.8, 4) is 6.07 Å². The summed E-state index contributed by atoms with van der Waals surface area (Å²) < 4.78 is 0. The van der Waals surface area contributed by atoms with Gasteiger partial charge >= 0.3 is 0 Å². The van der Waals surface area contributed by atoms with Crippen molar-refractivity contribution < 1.29 is 9.68 Å². The van der Waals surface area contributed by atoms with Crippen LogP contribution in [-0.2, 0) is 16.3 Å². The van der Waals surface area contributed by atoms with E-state index in [0.29, 0.717) is 5.56 Å². The van der Waals surface area contributed by atoms with Crippen molar-refractivity contribution in [2.45, 2.75) is 20.5 Å². The van der Waals surface area contributed by atoms with Gasteiger partial charge in [-0.1, -0.05) is 34.6 Å². The molecule has 0 fully saturated rings. The third-order valence-corrected chi connectivity index (χ3v) is 2.03. The SMILES string of the molecule is CO/N=C(/C#N)c1ccccc1CON=C(C)C. The standard InChI is InChI=1S/C13H15N3O2/c1-10(2)15-18-9-11-6-4-5-7-12(11)13(8-14)16-17-3/h4-7H,9H2,1-3H3/b16-13-. The van der Waals surface area contributed by atoms with Gasteiger partial charge in [-0.25, -0.2) is 0 Å². The Morgan fingerprint density at radius 2 is 2.00 bits per heavy atom. The highest BCUT2D eigenvalue weighted by Crippen LogP contribution is 2.12. The second-order valence-corrected chi connectivity index (χ2v) is 3.70. The van der Waals surface area contributed by atoms with Crippen LogP contribution >= 0.6 is 0 Å². The molecule has 0 spiro atoms. The van der Waals surface area contributed by atoms with Crippen molar-refractivity contribution >= 4 is 11.4 Å². The lowest BCUT2D eigenvalue weighted by Gasteiger charge is -2.06. The molecule has 0 unspecified atom stereocenters. The molecule has 0 aliphatic rings. The predicted octanol–water partition coefficient (Wildman–Crippen LogP) is 2.47. The van der Waals surface area contributed by atoms with E-state index in [1.807, 2.05) is 38.1 Å². The summed E-state index contributed by atoms with van der Waals surface area (Å²) in [6, 6.07) is 9.34. The topological polar surface area (TPSA) is 67.0 Å². The summed E-state index contributed by atoms with van der Waals surface area (Å²) in [4.78, 5) is 9.82. The molecule has 18 heavy (non-hydrogen) atoms. The minimum atomic E-state index is 0.217. The first-order chi connectivity index (χ1) is 8.69. The summed E-state index contributed by atoms with van der Waals surface area (Å²) >= 11 is 0. The van der Waals surface area contributed by atoms with Gasteiger partial charge in [-0.3, -0.25) is 0 Å². The molecular formula is C13H15N3O2. The van der Waals surface area contributed by atoms with Crippen LogP contribution < -0.4 is 0 Å². The lowest BCUT2D eigenvalue weighted by Crippen LogP contribution is -2.04. The van der Waals surface area contributed by atoms with Crippen LogP contribution in [0.25, 0.3) is 0 Å². The number of benzene rings is 1. The highest BCUT2D eigenvalue weighted by molar-refractivity contribution is 6.12. The summed E-state index contributed by atoms with van der Waals surface area (Å²) in [5.74, 6) is 0. The van der Waals surface area contributed by atoms with Gasteiger partial charge in [-0.15, -0.1) is 0 Å². The molecule has 1 aromatic carbocycles. The van der Waals surface area contributed by atoms with Gasteiger partial charge in [0.2, 0.25) is 0 Å². The summed E-state index contributed by atoms with van der Waals surface area (Å²) in [6.45, 7) is 3.98. The maximum Gasteiger partial charge on any atom is 0.187 e. The minimum Gasteiger partial charge on any atom is -0.398 e. The van der Waals surface area contributed by atoms with Crippen molar-refractivity contribution in [2.75, 3.05) is 7.11 Å². The van der Waals surface area contributed by atoms with E-state index in [-0.39, 0.29) is 12.3 Å². The van der Waals surface area contributed by atoms with Gasteiger partial charge in [0.05, 0.1) is 5.71 Å². The third kappa shape index (κ3) is 3.91. The maximum absolute atomic E-state index is 9.02. The van der Waals surface area contributed by atoms with Crippen molar-refractivity contribution in [1.29, 1.82) is 5.26 Å². The number of nitriles is 1. The average Bonchev–Trinajstić information content (AvgIpc) is 2.36. The Morgan fingerprint density at radius 1 is 1.28 bits per heavy atom. The van der Waals surface area contributed by atoms with E-state index in [4.69, 9.17) is 10.1 Å². The molecule has 0 aromatic heterocycles. The second kappa shape index (κ2) is 7.07. The molecule has 0 saturated carbocycles. The molecule has 0 amide bonds. The van der Waals surface area contributed by atoms with Crippen molar-refractivity contribution in [2.24, 2.45) is 10.3 Å². The van der Waals surface area contributed by atoms with E-state index in [2.05, 4.69) is 15.1 Å². The predicted molar refractivity (Wildman–Crippen MR) is 69.2 cm³/mol. The van der Waals surface area contributed by atoms with E-state index < -0.39 is 0 Å². The number of nitrogens with zero attached hydrogens (tertiary/aromatic N) is 3. The molecule has 0 saturated heterocycles. The number of oxime groups is 2. The molecule has 1 rings (SSSR count). The zero-order chi connectivity index (χ0) is 13.4. The molecule has 0 bridgehead atoms. The largest absolute Gasteiger partial charge is 0.398 e. The highest BCUT2D eigenvalue weighted by Gasteiger charge is 2.09. The van der Waals surface area contributed by atoms with E-state index in [1.165, 1.54) is 7.11 Å². The van der Waals surface area contributed by atoms with Gasteiger partial charge in [-0.05, 0) is 13.8 Å². The lowest BCUT2D eigenvalue weighted by molar-refractivity contribution is 0.130. The maximum atomic E-state index is 9.02. The summed E-state index contributed by atoms with van der Waals surface area (Å²) in [5, 5.41) is 16.6. The van der Waals surface area contributed by atoms with Crippen LogP contribution in [0, 0.1) is 11.3 Å². The molecule has 0 N–H and O–H groups in total. The molecule has 0 aliphatic carbocycles. The first-order valence-electron chi connectivity index (χ1n) is 5.41. The van der Waals surface area contributed by atoms with Gasteiger partial charge in [0, 0.05) is 11.1 Å². The Bertz CT molecular complexity index is 497. The monoisotopic (exact) mass is 245 g/mol. The third-order valence-electron chi connectivity index (χ3n) is 2.03. The van der Waals surface area contributed by atoms with Crippen LogP contribution in [0.3, 0.4) is 0 Å². The van der Waals surface area contributed by atoms with Crippen LogP contribution in [0.1, 0.15) is 25.0 Å². The van der Waals surface area contributed by atoms with E-state index in [1.54, 1.807) is 6.07 Å². The number of rotatable bonds is 5. The molecule has 5 heteroatoms. The number of hydrogen-bond acceptors (Lipinski definition) is 5. The van der Waals surface area contributed by atoms with Crippen LogP contribution in [-0.4, -0.2) is 18.5 Å². The van der Waals surface area contributed by atoms with E-state index >= 15 is 0 Å². The first-order valence-corrected chi connectivity index (χ1v) is 5.41. The lowest BCUT2D eigenvalue weighted by atomic mass is 10.0. The molecular weight excluding hydrogens is 230 g/mol. The van der Waals surface area contributed by atoms with E-state index in [0.717, 1.165) is 11.3 Å². The summed E-state index contributed by atoms with van der Waals surface area (Å²) in [5.41, 5.74) is 2.57. The Balaban J connectivity index is 2.96. The normalized spacial score (nSPS) is 10.4. The smallest absolute Gasteiger partial charge is 0.187 e. The first kappa shape index (κ1) is 13.7. The van der Waals surface area contributed by atoms with Gasteiger partial charge in [0.15, 0.2) is 5.71 Å². The Morgan fingerprint density at radius 3 is 2.61 bits per heavy atom. The van der Waals surface area contributed by atoms with Gasteiger partial charge in [0.1, 0.15) is 19.8 Å².